The Labute approximate surface area is 103 Å². The molecule has 2 amide bonds. The second-order valence-corrected chi connectivity index (χ2v) is 6.46. The molecule has 2 unspecified atom stereocenters. The number of rotatable bonds is 2. The van der Waals surface area contributed by atoms with Crippen molar-refractivity contribution < 1.29 is 9.59 Å². The molecule has 1 saturated heterocycles. The van der Waals surface area contributed by atoms with Crippen LogP contribution in [0.3, 0.4) is 0 Å². The van der Waals surface area contributed by atoms with Crippen LogP contribution in [0, 0.1) is 5.41 Å². The fraction of sp³-hybridized carbons (Fsp3) is 0.846. The summed E-state index contributed by atoms with van der Waals surface area (Å²) in [4.78, 5) is 26.3. The molecule has 2 fully saturated rings. The molecular formula is C13H22N2O2. The van der Waals surface area contributed by atoms with Crippen molar-refractivity contribution in [2.75, 3.05) is 0 Å². The van der Waals surface area contributed by atoms with Crippen molar-refractivity contribution in [2.24, 2.45) is 5.41 Å². The SMILES string of the molecule is CCC1C(=O)NC(C)(C)C(=O)N1C1CC1(C)C. The third-order valence-corrected chi connectivity index (χ3v) is 4.03. The van der Waals surface area contributed by atoms with Gasteiger partial charge in [0, 0.05) is 6.04 Å². The van der Waals surface area contributed by atoms with Gasteiger partial charge in [-0.1, -0.05) is 20.8 Å². The average molecular weight is 238 g/mol. The summed E-state index contributed by atoms with van der Waals surface area (Å²) < 4.78 is 0. The largest absolute Gasteiger partial charge is 0.340 e. The minimum atomic E-state index is -0.762. The van der Waals surface area contributed by atoms with Gasteiger partial charge in [-0.3, -0.25) is 9.59 Å². The minimum absolute atomic E-state index is 0.0141. The van der Waals surface area contributed by atoms with Crippen molar-refractivity contribution in [1.29, 1.82) is 0 Å². The zero-order valence-corrected chi connectivity index (χ0v) is 11.3. The lowest BCUT2D eigenvalue weighted by Crippen LogP contribution is -2.68. The Morgan fingerprint density at radius 3 is 2.24 bits per heavy atom. The maximum Gasteiger partial charge on any atom is 0.248 e. The van der Waals surface area contributed by atoms with Crippen LogP contribution >= 0.6 is 0 Å². The molecule has 96 valence electrons. The Morgan fingerprint density at radius 1 is 1.29 bits per heavy atom. The summed E-state index contributed by atoms with van der Waals surface area (Å²) in [6, 6.07) is -0.0624. The molecule has 0 bridgehead atoms. The average Bonchev–Trinajstić information content (AvgIpc) is 2.79. The van der Waals surface area contributed by atoms with Crippen LogP contribution < -0.4 is 5.32 Å². The summed E-state index contributed by atoms with van der Waals surface area (Å²) in [7, 11) is 0. The summed E-state index contributed by atoms with van der Waals surface area (Å²) in [6.07, 6.45) is 1.68. The molecule has 4 nitrogen and oxygen atoms in total. The van der Waals surface area contributed by atoms with Gasteiger partial charge >= 0.3 is 0 Å². The third kappa shape index (κ3) is 1.83. The van der Waals surface area contributed by atoms with Crippen molar-refractivity contribution in [3.05, 3.63) is 0 Å². The molecular weight excluding hydrogens is 216 g/mol. The highest BCUT2D eigenvalue weighted by atomic mass is 16.2. The van der Waals surface area contributed by atoms with E-state index in [-0.39, 0.29) is 29.3 Å². The minimum Gasteiger partial charge on any atom is -0.340 e. The highest BCUT2D eigenvalue weighted by Crippen LogP contribution is 2.50. The van der Waals surface area contributed by atoms with Crippen LogP contribution in [-0.2, 0) is 9.59 Å². The van der Waals surface area contributed by atoms with Crippen LogP contribution in [0.5, 0.6) is 0 Å². The number of hydrogen-bond acceptors (Lipinski definition) is 2. The van der Waals surface area contributed by atoms with Crippen LogP contribution in [-0.4, -0.2) is 34.3 Å². The van der Waals surface area contributed by atoms with Gasteiger partial charge in [-0.2, -0.15) is 0 Å². The van der Waals surface area contributed by atoms with Crippen LogP contribution in [0.1, 0.15) is 47.5 Å². The predicted octanol–water partition coefficient (Wildman–Crippen LogP) is 1.30. The normalized spacial score (nSPS) is 34.5. The fourth-order valence-electron chi connectivity index (χ4n) is 2.69. The van der Waals surface area contributed by atoms with Crippen molar-refractivity contribution in [3.8, 4) is 0 Å². The maximum atomic E-state index is 12.4. The molecule has 0 radical (unpaired) electrons. The van der Waals surface area contributed by atoms with Crippen LogP contribution in [0.2, 0.25) is 0 Å². The summed E-state index contributed by atoms with van der Waals surface area (Å²) in [6.45, 7) is 9.82. The molecule has 17 heavy (non-hydrogen) atoms. The summed E-state index contributed by atoms with van der Waals surface area (Å²) in [5.41, 5.74) is -0.599. The Kier molecular flexibility index (Phi) is 2.53. The van der Waals surface area contributed by atoms with Gasteiger partial charge in [-0.25, -0.2) is 0 Å². The molecule has 1 N–H and O–H groups in total. The number of nitrogens with zero attached hydrogens (tertiary/aromatic N) is 1. The summed E-state index contributed by atoms with van der Waals surface area (Å²) in [5, 5.41) is 2.82. The van der Waals surface area contributed by atoms with E-state index >= 15 is 0 Å². The van der Waals surface area contributed by atoms with E-state index in [1.54, 1.807) is 13.8 Å². The second-order valence-electron chi connectivity index (χ2n) is 6.46. The summed E-state index contributed by atoms with van der Waals surface area (Å²) >= 11 is 0. The first-order valence-electron chi connectivity index (χ1n) is 6.35. The lowest BCUT2D eigenvalue weighted by atomic mass is 9.95. The first kappa shape index (κ1) is 12.4. The zero-order valence-electron chi connectivity index (χ0n) is 11.3. The lowest BCUT2D eigenvalue weighted by molar-refractivity contribution is -0.154. The molecule has 2 rings (SSSR count). The van der Waals surface area contributed by atoms with Gasteiger partial charge in [0.05, 0.1) is 0 Å². The molecule has 2 atom stereocenters. The topological polar surface area (TPSA) is 49.4 Å². The van der Waals surface area contributed by atoms with Crippen molar-refractivity contribution >= 4 is 11.8 Å². The number of amides is 2. The standard InChI is InChI=1S/C13H22N2O2/c1-6-8-10(16)14-13(4,5)11(17)15(8)9-7-12(9,2)3/h8-9H,6-7H2,1-5H3,(H,14,16). The molecule has 1 aliphatic carbocycles. The van der Waals surface area contributed by atoms with Crippen LogP contribution in [0.25, 0.3) is 0 Å². The van der Waals surface area contributed by atoms with Gasteiger partial charge in [0.1, 0.15) is 11.6 Å². The monoisotopic (exact) mass is 238 g/mol. The number of hydrogen-bond donors (Lipinski definition) is 1. The van der Waals surface area contributed by atoms with E-state index in [1.165, 1.54) is 0 Å². The van der Waals surface area contributed by atoms with Gasteiger partial charge in [0.25, 0.3) is 0 Å². The van der Waals surface area contributed by atoms with E-state index in [1.807, 2.05) is 11.8 Å². The quantitative estimate of drug-likeness (QED) is 0.788. The Hall–Kier alpha value is -1.06. The second kappa shape index (κ2) is 3.47. The van der Waals surface area contributed by atoms with E-state index in [2.05, 4.69) is 19.2 Å². The fourth-order valence-corrected chi connectivity index (χ4v) is 2.69. The van der Waals surface area contributed by atoms with E-state index in [0.717, 1.165) is 6.42 Å². The zero-order chi connectivity index (χ0) is 13.0. The molecule has 0 spiro atoms. The smallest absolute Gasteiger partial charge is 0.248 e. The first-order chi connectivity index (χ1) is 7.70. The van der Waals surface area contributed by atoms with E-state index in [4.69, 9.17) is 0 Å². The highest BCUT2D eigenvalue weighted by Gasteiger charge is 2.57. The molecule has 2 aliphatic rings. The molecule has 4 heteroatoms. The number of carbonyl (C=O) groups excluding carboxylic acids is 2. The predicted molar refractivity (Wildman–Crippen MR) is 65.3 cm³/mol. The van der Waals surface area contributed by atoms with Gasteiger partial charge in [-0.15, -0.1) is 0 Å². The first-order valence-corrected chi connectivity index (χ1v) is 6.35. The molecule has 0 aromatic heterocycles. The van der Waals surface area contributed by atoms with E-state index in [9.17, 15) is 9.59 Å². The van der Waals surface area contributed by atoms with E-state index < -0.39 is 5.54 Å². The molecule has 1 saturated carbocycles. The highest BCUT2D eigenvalue weighted by molar-refractivity contribution is 5.99. The number of carbonyl (C=O) groups is 2. The lowest BCUT2D eigenvalue weighted by Gasteiger charge is -2.43. The third-order valence-electron chi connectivity index (χ3n) is 4.03. The number of nitrogens with one attached hydrogen (secondary N) is 1. The van der Waals surface area contributed by atoms with Crippen molar-refractivity contribution in [3.63, 3.8) is 0 Å². The van der Waals surface area contributed by atoms with E-state index in [0.29, 0.717) is 6.42 Å². The van der Waals surface area contributed by atoms with Crippen LogP contribution in [0.15, 0.2) is 0 Å². The maximum absolute atomic E-state index is 12.4. The Balaban J connectivity index is 2.31. The van der Waals surface area contributed by atoms with Crippen LogP contribution in [0.4, 0.5) is 0 Å². The van der Waals surface area contributed by atoms with Gasteiger partial charge in [-0.05, 0) is 32.1 Å². The Bertz CT molecular complexity index is 374. The van der Waals surface area contributed by atoms with Gasteiger partial charge < -0.3 is 10.2 Å². The molecule has 1 heterocycles. The summed E-state index contributed by atoms with van der Waals surface area (Å²) in [5.74, 6) is 0.0410. The van der Waals surface area contributed by atoms with Crippen molar-refractivity contribution in [1.82, 2.24) is 10.2 Å². The van der Waals surface area contributed by atoms with Gasteiger partial charge in [0.15, 0.2) is 0 Å². The molecule has 1 aliphatic heterocycles. The molecule has 0 aromatic carbocycles. The Morgan fingerprint density at radius 2 is 1.82 bits per heavy atom. The molecule has 0 aromatic rings. The van der Waals surface area contributed by atoms with Crippen molar-refractivity contribution in [2.45, 2.75) is 65.1 Å². The number of piperazine rings is 1. The van der Waals surface area contributed by atoms with Gasteiger partial charge in [0.2, 0.25) is 11.8 Å².